The maximum absolute atomic E-state index is 4.88. The van der Waals surface area contributed by atoms with Gasteiger partial charge in [0.15, 0.2) is 0 Å². The average Bonchev–Trinajstić information content (AvgIpc) is 2.76. The van der Waals surface area contributed by atoms with Gasteiger partial charge in [0.2, 0.25) is 0 Å². The molecule has 0 bridgehead atoms. The SMILES string of the molecule is Cc1ccc(Cc2nc(Cc3ccc(C)c(C)c3)nc(Cc3ccc(C)c(C)c3)n2)cc1C. The Kier molecular flexibility index (Phi) is 6.69. The zero-order valence-electron chi connectivity index (χ0n) is 20.7. The Hall–Kier alpha value is -3.33. The van der Waals surface area contributed by atoms with Crippen LogP contribution in [0.5, 0.6) is 0 Å². The molecule has 0 N–H and O–H groups in total. The molecule has 1 aromatic heterocycles. The molecule has 0 atom stereocenters. The minimum Gasteiger partial charge on any atom is -0.217 e. The van der Waals surface area contributed by atoms with Crippen molar-refractivity contribution in [2.45, 2.75) is 60.8 Å². The first-order valence-corrected chi connectivity index (χ1v) is 11.7. The predicted octanol–water partition coefficient (Wildman–Crippen LogP) is 6.49. The third-order valence-corrected chi connectivity index (χ3v) is 6.58. The van der Waals surface area contributed by atoms with Crippen molar-refractivity contribution in [3.63, 3.8) is 0 Å². The molecule has 168 valence electrons. The highest BCUT2D eigenvalue weighted by atomic mass is 15.0. The van der Waals surface area contributed by atoms with Crippen LogP contribution in [0.3, 0.4) is 0 Å². The fourth-order valence-electron chi connectivity index (χ4n) is 4.05. The minimum atomic E-state index is 0.712. The lowest BCUT2D eigenvalue weighted by molar-refractivity contribution is 0.796. The molecular formula is C30H33N3. The predicted molar refractivity (Wildman–Crippen MR) is 136 cm³/mol. The Morgan fingerprint density at radius 2 is 0.667 bits per heavy atom. The largest absolute Gasteiger partial charge is 0.217 e. The first kappa shape index (κ1) is 22.8. The number of hydrogen-bond acceptors (Lipinski definition) is 3. The second kappa shape index (κ2) is 9.66. The van der Waals surface area contributed by atoms with Gasteiger partial charge in [0.05, 0.1) is 0 Å². The standard InChI is InChI=1S/C30H33N3/c1-19-7-10-25(13-22(19)4)16-28-31-29(17-26-11-8-20(2)23(5)14-26)33-30(32-28)18-27-12-9-21(3)24(6)15-27/h7-15H,16-18H2,1-6H3. The molecule has 3 aromatic carbocycles. The third kappa shape index (κ3) is 5.73. The van der Waals surface area contributed by atoms with Crippen molar-refractivity contribution in [3.8, 4) is 0 Å². The van der Waals surface area contributed by atoms with Crippen LogP contribution in [-0.4, -0.2) is 15.0 Å². The maximum Gasteiger partial charge on any atom is 0.137 e. The summed E-state index contributed by atoms with van der Waals surface area (Å²) in [6.45, 7) is 12.9. The van der Waals surface area contributed by atoms with Gasteiger partial charge in [-0.1, -0.05) is 54.6 Å². The smallest absolute Gasteiger partial charge is 0.137 e. The van der Waals surface area contributed by atoms with Crippen LogP contribution in [0.4, 0.5) is 0 Å². The second-order valence-electron chi connectivity index (χ2n) is 9.37. The average molecular weight is 436 g/mol. The zero-order valence-corrected chi connectivity index (χ0v) is 20.7. The van der Waals surface area contributed by atoms with E-state index in [1.54, 1.807) is 0 Å². The summed E-state index contributed by atoms with van der Waals surface area (Å²) in [4.78, 5) is 14.6. The summed E-state index contributed by atoms with van der Waals surface area (Å²) < 4.78 is 0. The third-order valence-electron chi connectivity index (χ3n) is 6.58. The van der Waals surface area contributed by atoms with E-state index < -0.39 is 0 Å². The van der Waals surface area contributed by atoms with Gasteiger partial charge in [-0.3, -0.25) is 0 Å². The van der Waals surface area contributed by atoms with Gasteiger partial charge in [0.25, 0.3) is 0 Å². The Balaban J connectivity index is 1.68. The van der Waals surface area contributed by atoms with E-state index in [9.17, 15) is 0 Å². The van der Waals surface area contributed by atoms with E-state index >= 15 is 0 Å². The lowest BCUT2D eigenvalue weighted by Gasteiger charge is -2.11. The normalized spacial score (nSPS) is 11.1. The van der Waals surface area contributed by atoms with Crippen LogP contribution in [0, 0.1) is 41.5 Å². The molecule has 0 unspecified atom stereocenters. The molecule has 0 aliphatic rings. The zero-order chi connectivity index (χ0) is 23.5. The lowest BCUT2D eigenvalue weighted by Crippen LogP contribution is -2.10. The van der Waals surface area contributed by atoms with E-state index in [1.165, 1.54) is 50.1 Å². The molecule has 3 nitrogen and oxygen atoms in total. The van der Waals surface area contributed by atoms with Crippen molar-refractivity contribution in [1.82, 2.24) is 15.0 Å². The first-order valence-electron chi connectivity index (χ1n) is 11.7. The van der Waals surface area contributed by atoms with Crippen LogP contribution >= 0.6 is 0 Å². The maximum atomic E-state index is 4.88. The van der Waals surface area contributed by atoms with Crippen molar-refractivity contribution >= 4 is 0 Å². The van der Waals surface area contributed by atoms with Gasteiger partial charge >= 0.3 is 0 Å². The highest BCUT2D eigenvalue weighted by Crippen LogP contribution is 2.17. The molecule has 0 radical (unpaired) electrons. The van der Waals surface area contributed by atoms with Crippen LogP contribution in [0.1, 0.15) is 67.5 Å². The van der Waals surface area contributed by atoms with E-state index in [1.807, 2.05) is 0 Å². The van der Waals surface area contributed by atoms with Crippen LogP contribution in [-0.2, 0) is 19.3 Å². The minimum absolute atomic E-state index is 0.712. The van der Waals surface area contributed by atoms with Crippen LogP contribution in [0.2, 0.25) is 0 Å². The summed E-state index contributed by atoms with van der Waals surface area (Å²) in [5.74, 6) is 2.52. The first-order chi connectivity index (χ1) is 15.8. The Morgan fingerprint density at radius 3 is 0.909 bits per heavy atom. The fraction of sp³-hybridized carbons (Fsp3) is 0.300. The molecule has 4 aromatic rings. The molecule has 33 heavy (non-hydrogen) atoms. The summed E-state index contributed by atoms with van der Waals surface area (Å²) in [6, 6.07) is 19.8. The number of benzene rings is 3. The van der Waals surface area contributed by atoms with Gasteiger partial charge in [0, 0.05) is 19.3 Å². The topological polar surface area (TPSA) is 38.7 Å². The van der Waals surface area contributed by atoms with Gasteiger partial charge in [0.1, 0.15) is 17.5 Å². The van der Waals surface area contributed by atoms with Gasteiger partial charge in [-0.15, -0.1) is 0 Å². The molecule has 1 heterocycles. The van der Waals surface area contributed by atoms with Crippen molar-refractivity contribution in [2.24, 2.45) is 0 Å². The van der Waals surface area contributed by atoms with Crippen LogP contribution in [0.15, 0.2) is 54.6 Å². The van der Waals surface area contributed by atoms with Gasteiger partial charge < -0.3 is 0 Å². The molecule has 0 aliphatic heterocycles. The van der Waals surface area contributed by atoms with E-state index in [0.717, 1.165) is 17.5 Å². The number of aromatic nitrogens is 3. The monoisotopic (exact) mass is 435 g/mol. The van der Waals surface area contributed by atoms with Crippen molar-refractivity contribution in [2.75, 3.05) is 0 Å². The van der Waals surface area contributed by atoms with Gasteiger partial charge in [-0.25, -0.2) is 15.0 Å². The number of aryl methyl sites for hydroxylation is 6. The van der Waals surface area contributed by atoms with Gasteiger partial charge in [-0.05, 0) is 91.6 Å². The molecule has 0 fully saturated rings. The molecule has 4 rings (SSSR count). The highest BCUT2D eigenvalue weighted by Gasteiger charge is 2.11. The Bertz CT molecular complexity index is 1130. The number of hydrogen-bond donors (Lipinski definition) is 0. The number of nitrogens with zero attached hydrogens (tertiary/aromatic N) is 3. The van der Waals surface area contributed by atoms with E-state index in [4.69, 9.17) is 15.0 Å². The molecule has 3 heteroatoms. The summed E-state index contributed by atoms with van der Waals surface area (Å²) >= 11 is 0. The quantitative estimate of drug-likeness (QED) is 0.347. The second-order valence-corrected chi connectivity index (χ2v) is 9.37. The molecule has 0 saturated carbocycles. The summed E-state index contributed by atoms with van der Waals surface area (Å²) in [5.41, 5.74) is 11.5. The Morgan fingerprint density at radius 1 is 0.394 bits per heavy atom. The molecule has 0 spiro atoms. The molecular weight excluding hydrogens is 402 g/mol. The Labute approximate surface area is 198 Å². The lowest BCUT2D eigenvalue weighted by atomic mass is 10.0. The molecule has 0 saturated heterocycles. The van der Waals surface area contributed by atoms with E-state index in [2.05, 4.69) is 96.1 Å². The van der Waals surface area contributed by atoms with E-state index in [0.29, 0.717) is 19.3 Å². The molecule has 0 aliphatic carbocycles. The van der Waals surface area contributed by atoms with Gasteiger partial charge in [-0.2, -0.15) is 0 Å². The van der Waals surface area contributed by atoms with Crippen molar-refractivity contribution in [1.29, 1.82) is 0 Å². The highest BCUT2D eigenvalue weighted by molar-refractivity contribution is 5.34. The van der Waals surface area contributed by atoms with E-state index in [-0.39, 0.29) is 0 Å². The van der Waals surface area contributed by atoms with Crippen LogP contribution < -0.4 is 0 Å². The summed E-state index contributed by atoms with van der Waals surface area (Å²) in [5, 5.41) is 0. The number of rotatable bonds is 6. The van der Waals surface area contributed by atoms with Crippen molar-refractivity contribution < 1.29 is 0 Å². The fourth-order valence-corrected chi connectivity index (χ4v) is 4.05. The summed E-state index contributed by atoms with van der Waals surface area (Å²) in [6.07, 6.45) is 2.14. The molecule has 0 amide bonds. The van der Waals surface area contributed by atoms with Crippen LogP contribution in [0.25, 0.3) is 0 Å². The summed E-state index contributed by atoms with van der Waals surface area (Å²) in [7, 11) is 0. The van der Waals surface area contributed by atoms with Crippen molar-refractivity contribution in [3.05, 3.63) is 122 Å².